The third kappa shape index (κ3) is 1.08. The van der Waals surface area contributed by atoms with E-state index in [4.69, 9.17) is 11.6 Å². The lowest BCUT2D eigenvalue weighted by Gasteiger charge is -2.04. The smallest absolute Gasteiger partial charge is 0.395 e. The predicted molar refractivity (Wildman–Crippen MR) is 37.7 cm³/mol. The Labute approximate surface area is 71.7 Å². The third-order valence-electron chi connectivity index (χ3n) is 1.38. The van der Waals surface area contributed by atoms with Crippen LogP contribution >= 0.6 is 11.6 Å². The van der Waals surface area contributed by atoms with Gasteiger partial charge in [-0.05, 0) is 12.1 Å². The molecular formula is C7H3ClF2O2. The highest BCUT2D eigenvalue weighted by atomic mass is 35.5. The Morgan fingerprint density at radius 3 is 2.67 bits per heavy atom. The average molecular weight is 193 g/mol. The zero-order chi connectivity index (χ0) is 8.77. The summed E-state index contributed by atoms with van der Waals surface area (Å²) in [6, 6.07) is 4.32. The maximum atomic E-state index is 12.4. The summed E-state index contributed by atoms with van der Waals surface area (Å²) in [5.74, 6) is -0.142. The number of alkyl halides is 2. The molecule has 0 atom stereocenters. The van der Waals surface area contributed by atoms with E-state index in [9.17, 15) is 8.78 Å². The number of ether oxygens (including phenoxy) is 2. The first-order valence-corrected chi connectivity index (χ1v) is 3.51. The third-order valence-corrected chi connectivity index (χ3v) is 1.68. The number of hydrogen-bond donors (Lipinski definition) is 0. The van der Waals surface area contributed by atoms with Crippen molar-refractivity contribution in [1.82, 2.24) is 0 Å². The summed E-state index contributed by atoms with van der Waals surface area (Å²) in [4.78, 5) is 0. The minimum Gasteiger partial charge on any atom is -0.395 e. The molecule has 1 aliphatic rings. The lowest BCUT2D eigenvalue weighted by Crippen LogP contribution is -2.26. The van der Waals surface area contributed by atoms with Crippen molar-refractivity contribution in [2.24, 2.45) is 0 Å². The van der Waals surface area contributed by atoms with E-state index in [1.54, 1.807) is 0 Å². The summed E-state index contributed by atoms with van der Waals surface area (Å²) in [6.07, 6.45) is -3.59. The first-order chi connectivity index (χ1) is 5.58. The minimum atomic E-state index is -3.59. The van der Waals surface area contributed by atoms with Gasteiger partial charge in [-0.1, -0.05) is 17.7 Å². The van der Waals surface area contributed by atoms with Crippen LogP contribution in [-0.4, -0.2) is 6.29 Å². The lowest BCUT2D eigenvalue weighted by molar-refractivity contribution is -0.286. The highest BCUT2D eigenvalue weighted by molar-refractivity contribution is 6.32. The molecule has 2 rings (SSSR count). The lowest BCUT2D eigenvalue weighted by atomic mass is 10.3. The molecule has 12 heavy (non-hydrogen) atoms. The molecule has 0 aliphatic carbocycles. The molecule has 1 heterocycles. The SMILES string of the molecule is FC1(F)Oc2cccc(Cl)c2O1. The zero-order valence-electron chi connectivity index (χ0n) is 5.68. The standard InChI is InChI=1S/C7H3ClF2O2/c8-4-2-1-3-5-6(4)12-7(9,10)11-5/h1-3H. The number of benzene rings is 1. The van der Waals surface area contributed by atoms with Gasteiger partial charge in [0.05, 0.1) is 5.02 Å². The van der Waals surface area contributed by atoms with Crippen LogP contribution in [-0.2, 0) is 0 Å². The number of hydrogen-bond acceptors (Lipinski definition) is 2. The van der Waals surface area contributed by atoms with Crippen LogP contribution in [0.15, 0.2) is 18.2 Å². The van der Waals surface area contributed by atoms with Gasteiger partial charge < -0.3 is 9.47 Å². The van der Waals surface area contributed by atoms with Crippen molar-refractivity contribution in [2.75, 3.05) is 0 Å². The maximum Gasteiger partial charge on any atom is 0.586 e. The van der Waals surface area contributed by atoms with Gasteiger partial charge in [0.25, 0.3) is 0 Å². The molecule has 0 spiro atoms. The van der Waals surface area contributed by atoms with E-state index in [0.29, 0.717) is 0 Å². The number of fused-ring (bicyclic) bond motifs is 1. The molecular weight excluding hydrogens is 190 g/mol. The van der Waals surface area contributed by atoms with Crippen molar-refractivity contribution >= 4 is 11.6 Å². The predicted octanol–water partition coefficient (Wildman–Crippen LogP) is 2.66. The van der Waals surface area contributed by atoms with Crippen LogP contribution in [0.2, 0.25) is 5.02 Å². The molecule has 0 saturated carbocycles. The van der Waals surface area contributed by atoms with Gasteiger partial charge in [-0.3, -0.25) is 0 Å². The highest BCUT2D eigenvalue weighted by Gasteiger charge is 2.44. The summed E-state index contributed by atoms with van der Waals surface area (Å²) in [6.45, 7) is 0. The second-order valence-corrected chi connectivity index (χ2v) is 2.64. The van der Waals surface area contributed by atoms with Gasteiger partial charge in [0.2, 0.25) is 0 Å². The van der Waals surface area contributed by atoms with E-state index >= 15 is 0 Å². The zero-order valence-corrected chi connectivity index (χ0v) is 6.44. The maximum absolute atomic E-state index is 12.4. The molecule has 0 bridgehead atoms. The molecule has 0 unspecified atom stereocenters. The molecule has 1 aromatic rings. The Morgan fingerprint density at radius 2 is 2.00 bits per heavy atom. The van der Waals surface area contributed by atoms with Gasteiger partial charge in [-0.15, -0.1) is 8.78 Å². The van der Waals surface area contributed by atoms with Gasteiger partial charge in [-0.2, -0.15) is 0 Å². The topological polar surface area (TPSA) is 18.5 Å². The fourth-order valence-corrected chi connectivity index (χ4v) is 1.14. The van der Waals surface area contributed by atoms with E-state index in [2.05, 4.69) is 9.47 Å². The largest absolute Gasteiger partial charge is 0.586 e. The van der Waals surface area contributed by atoms with E-state index in [0.717, 1.165) is 0 Å². The Kier molecular flexibility index (Phi) is 1.41. The van der Waals surface area contributed by atoms with Gasteiger partial charge in [0.15, 0.2) is 11.5 Å². The molecule has 64 valence electrons. The Balaban J connectivity index is 2.48. The molecule has 2 nitrogen and oxygen atoms in total. The summed E-state index contributed by atoms with van der Waals surface area (Å²) >= 11 is 5.56. The van der Waals surface area contributed by atoms with E-state index in [1.165, 1.54) is 18.2 Å². The van der Waals surface area contributed by atoms with Crippen molar-refractivity contribution in [1.29, 1.82) is 0 Å². The Hall–Kier alpha value is -1.03. The normalized spacial score (nSPS) is 17.9. The molecule has 5 heteroatoms. The van der Waals surface area contributed by atoms with Crippen LogP contribution in [0.25, 0.3) is 0 Å². The first-order valence-electron chi connectivity index (χ1n) is 3.13. The number of halogens is 3. The molecule has 0 amide bonds. The quantitative estimate of drug-likeness (QED) is 0.629. The molecule has 0 fully saturated rings. The fraction of sp³-hybridized carbons (Fsp3) is 0.143. The summed E-state index contributed by atoms with van der Waals surface area (Å²) < 4.78 is 33.1. The highest BCUT2D eigenvalue weighted by Crippen LogP contribution is 2.44. The summed E-state index contributed by atoms with van der Waals surface area (Å²) in [5, 5.41) is 0.115. The minimum absolute atomic E-state index is 0.0347. The van der Waals surface area contributed by atoms with Crippen LogP contribution in [0.5, 0.6) is 11.5 Å². The molecule has 0 radical (unpaired) electrons. The molecule has 0 N–H and O–H groups in total. The Bertz CT molecular complexity index is 327. The first kappa shape index (κ1) is 7.61. The molecule has 1 aromatic carbocycles. The van der Waals surface area contributed by atoms with Crippen LogP contribution in [0.3, 0.4) is 0 Å². The summed E-state index contributed by atoms with van der Waals surface area (Å²) in [7, 11) is 0. The molecule has 1 aliphatic heterocycles. The van der Waals surface area contributed by atoms with Gasteiger partial charge in [0.1, 0.15) is 0 Å². The fourth-order valence-electron chi connectivity index (χ4n) is 0.936. The van der Waals surface area contributed by atoms with Gasteiger partial charge in [0, 0.05) is 0 Å². The number of para-hydroxylation sites is 1. The van der Waals surface area contributed by atoms with E-state index in [1.807, 2.05) is 0 Å². The van der Waals surface area contributed by atoms with Crippen LogP contribution < -0.4 is 9.47 Å². The van der Waals surface area contributed by atoms with Crippen molar-refractivity contribution in [3.63, 3.8) is 0 Å². The summed E-state index contributed by atoms with van der Waals surface area (Å²) in [5.41, 5.74) is 0. The van der Waals surface area contributed by atoms with E-state index < -0.39 is 6.29 Å². The van der Waals surface area contributed by atoms with Crippen molar-refractivity contribution < 1.29 is 18.3 Å². The van der Waals surface area contributed by atoms with Crippen LogP contribution in [0.4, 0.5) is 8.78 Å². The molecule has 0 aromatic heterocycles. The van der Waals surface area contributed by atoms with Crippen molar-refractivity contribution in [3.8, 4) is 11.5 Å². The second kappa shape index (κ2) is 2.23. The van der Waals surface area contributed by atoms with Crippen molar-refractivity contribution in [3.05, 3.63) is 23.2 Å². The molecule has 0 saturated heterocycles. The van der Waals surface area contributed by atoms with Crippen LogP contribution in [0, 0.1) is 0 Å². The van der Waals surface area contributed by atoms with E-state index in [-0.39, 0.29) is 16.5 Å². The monoisotopic (exact) mass is 192 g/mol. The average Bonchev–Trinajstić information content (AvgIpc) is 2.25. The number of rotatable bonds is 0. The van der Waals surface area contributed by atoms with Gasteiger partial charge in [-0.25, -0.2) is 0 Å². The van der Waals surface area contributed by atoms with Gasteiger partial charge >= 0.3 is 6.29 Å². The van der Waals surface area contributed by atoms with Crippen molar-refractivity contribution in [2.45, 2.75) is 6.29 Å². The van der Waals surface area contributed by atoms with Crippen LogP contribution in [0.1, 0.15) is 0 Å². The second-order valence-electron chi connectivity index (χ2n) is 2.23. The Morgan fingerprint density at radius 1 is 1.25 bits per heavy atom.